The Balaban J connectivity index is 2.94. The van der Waals surface area contributed by atoms with E-state index in [0.29, 0.717) is 11.8 Å². The molecule has 0 aliphatic rings. The topological polar surface area (TPSA) is 63.6 Å². The molecule has 0 radical (unpaired) electrons. The first-order valence-corrected chi connectivity index (χ1v) is 5.47. The van der Waals surface area contributed by atoms with Gasteiger partial charge in [-0.15, -0.1) is 0 Å². The third-order valence-corrected chi connectivity index (χ3v) is 2.49. The van der Waals surface area contributed by atoms with E-state index in [0.717, 1.165) is 0 Å². The first kappa shape index (κ1) is 13.5. The molecule has 0 aliphatic heterocycles. The predicted molar refractivity (Wildman–Crippen MR) is 63.7 cm³/mol. The van der Waals surface area contributed by atoms with Crippen LogP contribution in [0.3, 0.4) is 0 Å². The van der Waals surface area contributed by atoms with Gasteiger partial charge in [-0.25, -0.2) is 4.79 Å². The van der Waals surface area contributed by atoms with Crippen molar-refractivity contribution in [2.24, 2.45) is 5.92 Å². The van der Waals surface area contributed by atoms with Crippen LogP contribution in [0.5, 0.6) is 5.75 Å². The molecule has 92 valence electrons. The lowest BCUT2D eigenvalue weighted by Gasteiger charge is -2.19. The van der Waals surface area contributed by atoms with Crippen LogP contribution in [-0.4, -0.2) is 23.5 Å². The lowest BCUT2D eigenvalue weighted by Crippen LogP contribution is -2.32. The molecule has 0 heterocycles. The SMILES string of the molecule is CC(C)C(Oc1ccc(C=O)cc1Cl)C(=O)O. The van der Waals surface area contributed by atoms with E-state index in [1.54, 1.807) is 13.8 Å². The van der Waals surface area contributed by atoms with Crippen molar-refractivity contribution in [2.75, 3.05) is 0 Å². The molecule has 0 spiro atoms. The maximum atomic E-state index is 11.0. The normalized spacial score (nSPS) is 12.2. The molecular formula is C12H13ClO4. The van der Waals surface area contributed by atoms with Crippen molar-refractivity contribution in [3.8, 4) is 5.75 Å². The van der Waals surface area contributed by atoms with Gasteiger partial charge in [0.15, 0.2) is 6.10 Å². The Labute approximate surface area is 104 Å². The van der Waals surface area contributed by atoms with E-state index in [9.17, 15) is 9.59 Å². The summed E-state index contributed by atoms with van der Waals surface area (Å²) in [4.78, 5) is 21.5. The molecule has 1 unspecified atom stereocenters. The predicted octanol–water partition coefficient (Wildman–Crippen LogP) is 2.64. The fourth-order valence-corrected chi connectivity index (χ4v) is 1.53. The molecule has 1 rings (SSSR count). The van der Waals surface area contributed by atoms with Crippen molar-refractivity contribution in [2.45, 2.75) is 20.0 Å². The number of hydrogen-bond donors (Lipinski definition) is 1. The minimum absolute atomic E-state index is 0.186. The summed E-state index contributed by atoms with van der Waals surface area (Å²) in [6, 6.07) is 4.45. The van der Waals surface area contributed by atoms with Crippen molar-refractivity contribution in [1.82, 2.24) is 0 Å². The molecule has 17 heavy (non-hydrogen) atoms. The Hall–Kier alpha value is -1.55. The molecule has 1 aromatic rings. The number of halogens is 1. The average Bonchev–Trinajstić information content (AvgIpc) is 2.26. The van der Waals surface area contributed by atoms with Crippen LogP contribution in [0.25, 0.3) is 0 Å². The molecule has 1 N–H and O–H groups in total. The fraction of sp³-hybridized carbons (Fsp3) is 0.333. The lowest BCUT2D eigenvalue weighted by molar-refractivity contribution is -0.147. The number of carbonyl (C=O) groups is 2. The third kappa shape index (κ3) is 3.46. The first-order chi connectivity index (χ1) is 7.95. The number of carbonyl (C=O) groups excluding carboxylic acids is 1. The molecule has 1 atom stereocenters. The number of benzene rings is 1. The molecular weight excluding hydrogens is 244 g/mol. The smallest absolute Gasteiger partial charge is 0.345 e. The van der Waals surface area contributed by atoms with Gasteiger partial charge in [0, 0.05) is 11.5 Å². The van der Waals surface area contributed by atoms with Crippen molar-refractivity contribution in [3.05, 3.63) is 28.8 Å². The van der Waals surface area contributed by atoms with E-state index in [4.69, 9.17) is 21.4 Å². The van der Waals surface area contributed by atoms with Crippen LogP contribution in [0.15, 0.2) is 18.2 Å². The zero-order valence-corrected chi connectivity index (χ0v) is 10.3. The molecule has 4 nitrogen and oxygen atoms in total. The summed E-state index contributed by atoms with van der Waals surface area (Å²) < 4.78 is 5.32. The van der Waals surface area contributed by atoms with Gasteiger partial charge in [-0.3, -0.25) is 4.79 Å². The monoisotopic (exact) mass is 256 g/mol. The van der Waals surface area contributed by atoms with E-state index in [-0.39, 0.29) is 16.7 Å². The summed E-state index contributed by atoms with van der Waals surface area (Å²) in [5.41, 5.74) is 0.416. The van der Waals surface area contributed by atoms with Crippen LogP contribution in [-0.2, 0) is 4.79 Å². The average molecular weight is 257 g/mol. The minimum atomic E-state index is -1.05. The molecule has 0 saturated heterocycles. The Morgan fingerprint density at radius 2 is 2.12 bits per heavy atom. The molecule has 0 bridgehead atoms. The zero-order chi connectivity index (χ0) is 13.0. The highest BCUT2D eigenvalue weighted by Crippen LogP contribution is 2.27. The number of ether oxygens (including phenoxy) is 1. The minimum Gasteiger partial charge on any atom is -0.478 e. The quantitative estimate of drug-likeness (QED) is 0.823. The van der Waals surface area contributed by atoms with E-state index in [1.165, 1.54) is 18.2 Å². The Bertz CT molecular complexity index is 429. The van der Waals surface area contributed by atoms with Gasteiger partial charge in [0.2, 0.25) is 0 Å². The molecule has 0 amide bonds. The van der Waals surface area contributed by atoms with Crippen LogP contribution in [0, 0.1) is 5.92 Å². The molecule has 0 saturated carbocycles. The second-order valence-corrected chi connectivity index (χ2v) is 4.34. The van der Waals surface area contributed by atoms with Crippen molar-refractivity contribution in [3.63, 3.8) is 0 Å². The maximum Gasteiger partial charge on any atom is 0.345 e. The second kappa shape index (κ2) is 5.68. The van der Waals surface area contributed by atoms with Gasteiger partial charge in [0.25, 0.3) is 0 Å². The largest absolute Gasteiger partial charge is 0.478 e. The second-order valence-electron chi connectivity index (χ2n) is 3.93. The van der Waals surface area contributed by atoms with Gasteiger partial charge in [-0.2, -0.15) is 0 Å². The molecule has 0 aliphatic carbocycles. The van der Waals surface area contributed by atoms with Gasteiger partial charge < -0.3 is 9.84 Å². The van der Waals surface area contributed by atoms with Crippen molar-refractivity contribution < 1.29 is 19.4 Å². The highest BCUT2D eigenvalue weighted by molar-refractivity contribution is 6.32. The van der Waals surface area contributed by atoms with Crippen LogP contribution < -0.4 is 4.74 Å². The standard InChI is InChI=1S/C12H13ClO4/c1-7(2)11(12(15)16)17-10-4-3-8(6-14)5-9(10)13/h3-7,11H,1-2H3,(H,15,16). The molecule has 0 fully saturated rings. The lowest BCUT2D eigenvalue weighted by atomic mass is 10.1. The van der Waals surface area contributed by atoms with Gasteiger partial charge in [-0.05, 0) is 18.2 Å². The van der Waals surface area contributed by atoms with Gasteiger partial charge >= 0.3 is 5.97 Å². The highest BCUT2D eigenvalue weighted by Gasteiger charge is 2.24. The molecule has 0 aromatic heterocycles. The van der Waals surface area contributed by atoms with E-state index in [1.807, 2.05) is 0 Å². The van der Waals surface area contributed by atoms with E-state index < -0.39 is 12.1 Å². The summed E-state index contributed by atoms with van der Waals surface area (Å²) in [5, 5.41) is 9.20. The van der Waals surface area contributed by atoms with E-state index in [2.05, 4.69) is 0 Å². The zero-order valence-electron chi connectivity index (χ0n) is 9.51. The summed E-state index contributed by atoms with van der Waals surface area (Å²) in [5.74, 6) is -0.969. The maximum absolute atomic E-state index is 11.0. The Morgan fingerprint density at radius 1 is 1.47 bits per heavy atom. The number of aliphatic carboxylic acids is 1. The fourth-order valence-electron chi connectivity index (χ4n) is 1.29. The summed E-state index contributed by atoms with van der Waals surface area (Å²) >= 11 is 5.88. The number of carboxylic acids is 1. The number of carboxylic acid groups (broad SMARTS) is 1. The third-order valence-electron chi connectivity index (χ3n) is 2.19. The Morgan fingerprint density at radius 3 is 2.53 bits per heavy atom. The van der Waals surface area contributed by atoms with E-state index >= 15 is 0 Å². The van der Waals surface area contributed by atoms with Crippen LogP contribution in [0.4, 0.5) is 0 Å². The number of aldehydes is 1. The Kier molecular flexibility index (Phi) is 4.52. The van der Waals surface area contributed by atoms with Crippen molar-refractivity contribution in [1.29, 1.82) is 0 Å². The van der Waals surface area contributed by atoms with Gasteiger partial charge in [0.05, 0.1) is 5.02 Å². The highest BCUT2D eigenvalue weighted by atomic mass is 35.5. The van der Waals surface area contributed by atoms with Gasteiger partial charge in [-0.1, -0.05) is 25.4 Å². The van der Waals surface area contributed by atoms with Crippen molar-refractivity contribution >= 4 is 23.9 Å². The van der Waals surface area contributed by atoms with Crippen LogP contribution in [0.1, 0.15) is 24.2 Å². The summed E-state index contributed by atoms with van der Waals surface area (Å²) in [6.45, 7) is 3.49. The summed E-state index contributed by atoms with van der Waals surface area (Å²) in [6.07, 6.45) is -0.304. The molecule has 1 aromatic carbocycles. The van der Waals surface area contributed by atoms with Crippen LogP contribution >= 0.6 is 11.6 Å². The number of hydrogen-bond acceptors (Lipinski definition) is 3. The molecule has 5 heteroatoms. The number of rotatable bonds is 5. The van der Waals surface area contributed by atoms with Crippen LogP contribution in [0.2, 0.25) is 5.02 Å². The summed E-state index contributed by atoms with van der Waals surface area (Å²) in [7, 11) is 0. The first-order valence-electron chi connectivity index (χ1n) is 5.10. The van der Waals surface area contributed by atoms with Gasteiger partial charge in [0.1, 0.15) is 12.0 Å².